The molecule has 0 aromatic heterocycles. The average molecular weight is 388 g/mol. The minimum Gasteiger partial charge on any atom is -0.318 e. The van der Waals surface area contributed by atoms with E-state index in [9.17, 15) is 14.4 Å². The minimum atomic E-state index is -1.22. The van der Waals surface area contributed by atoms with Crippen molar-refractivity contribution in [3.05, 3.63) is 70.2 Å². The smallest absolute Gasteiger partial charge is 0.318 e. The number of imide groups is 1. The summed E-state index contributed by atoms with van der Waals surface area (Å²) in [6, 6.07) is 14.9. The van der Waals surface area contributed by atoms with E-state index in [1.807, 2.05) is 6.07 Å². The fourth-order valence-electron chi connectivity index (χ4n) is 2.50. The zero-order valence-electron chi connectivity index (χ0n) is 12.7. The molecule has 2 aromatic carbocycles. The molecule has 3 rings (SSSR count). The van der Waals surface area contributed by atoms with E-state index < -0.39 is 23.4 Å². The van der Waals surface area contributed by atoms with E-state index in [1.54, 1.807) is 55.5 Å². The number of urea groups is 1. The van der Waals surface area contributed by atoms with E-state index in [0.29, 0.717) is 11.1 Å². The highest BCUT2D eigenvalue weighted by Crippen LogP contribution is 2.27. The SMILES string of the molecule is C[C@]1(c2ccccc2)NC(=O)N(NC(=O)c2cccc(Br)c2)C1=O. The molecule has 0 radical (unpaired) electrons. The summed E-state index contributed by atoms with van der Waals surface area (Å²) in [5.41, 5.74) is 2.11. The Balaban J connectivity index is 1.84. The van der Waals surface area contributed by atoms with Gasteiger partial charge in [-0.15, -0.1) is 0 Å². The fourth-order valence-corrected chi connectivity index (χ4v) is 2.90. The number of amides is 4. The first-order valence-corrected chi connectivity index (χ1v) is 8.00. The Morgan fingerprint density at radius 3 is 2.50 bits per heavy atom. The van der Waals surface area contributed by atoms with E-state index in [1.165, 1.54) is 0 Å². The van der Waals surface area contributed by atoms with Gasteiger partial charge in [0.05, 0.1) is 0 Å². The number of hydrogen-bond acceptors (Lipinski definition) is 3. The van der Waals surface area contributed by atoms with Crippen molar-refractivity contribution in [3.63, 3.8) is 0 Å². The minimum absolute atomic E-state index is 0.332. The lowest BCUT2D eigenvalue weighted by Crippen LogP contribution is -2.47. The van der Waals surface area contributed by atoms with E-state index in [4.69, 9.17) is 0 Å². The number of nitrogens with one attached hydrogen (secondary N) is 2. The molecule has 1 aliphatic rings. The Hall–Kier alpha value is -2.67. The number of halogens is 1. The molecule has 0 bridgehead atoms. The standard InChI is InChI=1S/C17H14BrN3O3/c1-17(12-7-3-2-4-8-12)15(23)21(16(24)19-17)20-14(22)11-6-5-9-13(18)10-11/h2-10H,1H3,(H,19,24)(H,20,22)/t17-/m1/s1. The summed E-state index contributed by atoms with van der Waals surface area (Å²) < 4.78 is 0.724. The Labute approximate surface area is 146 Å². The molecular formula is C17H14BrN3O3. The summed E-state index contributed by atoms with van der Waals surface area (Å²) in [6.45, 7) is 1.60. The fraction of sp³-hybridized carbons (Fsp3) is 0.118. The number of carbonyl (C=O) groups excluding carboxylic acids is 3. The van der Waals surface area contributed by atoms with Crippen LogP contribution in [0.4, 0.5) is 4.79 Å². The van der Waals surface area contributed by atoms with Gasteiger partial charge in [0.25, 0.3) is 11.8 Å². The van der Waals surface area contributed by atoms with Gasteiger partial charge in [-0.2, -0.15) is 5.01 Å². The Kier molecular flexibility index (Phi) is 4.11. The monoisotopic (exact) mass is 387 g/mol. The van der Waals surface area contributed by atoms with Crippen LogP contribution < -0.4 is 10.7 Å². The van der Waals surface area contributed by atoms with E-state index in [-0.39, 0.29) is 0 Å². The molecule has 0 saturated carbocycles. The molecule has 7 heteroatoms. The maximum Gasteiger partial charge on any atom is 0.344 e. The van der Waals surface area contributed by atoms with Crippen molar-refractivity contribution in [2.24, 2.45) is 0 Å². The summed E-state index contributed by atoms with van der Waals surface area (Å²) in [4.78, 5) is 37.2. The van der Waals surface area contributed by atoms with Gasteiger partial charge in [-0.3, -0.25) is 15.0 Å². The van der Waals surface area contributed by atoms with Crippen LogP contribution in [0.5, 0.6) is 0 Å². The highest BCUT2D eigenvalue weighted by molar-refractivity contribution is 9.10. The first-order valence-electron chi connectivity index (χ1n) is 7.20. The van der Waals surface area contributed by atoms with E-state index in [2.05, 4.69) is 26.7 Å². The Morgan fingerprint density at radius 1 is 1.12 bits per heavy atom. The first kappa shape index (κ1) is 16.2. The quantitative estimate of drug-likeness (QED) is 0.794. The number of carbonyl (C=O) groups is 3. The van der Waals surface area contributed by atoms with Crippen molar-refractivity contribution in [1.29, 1.82) is 0 Å². The normalized spacial score (nSPS) is 20.0. The molecule has 0 aliphatic carbocycles. The van der Waals surface area contributed by atoms with Crippen molar-refractivity contribution in [1.82, 2.24) is 15.8 Å². The third-order valence-electron chi connectivity index (χ3n) is 3.84. The van der Waals surface area contributed by atoms with Gasteiger partial charge in [-0.25, -0.2) is 4.79 Å². The maximum atomic E-state index is 12.7. The van der Waals surface area contributed by atoms with Gasteiger partial charge >= 0.3 is 6.03 Å². The van der Waals surface area contributed by atoms with Gasteiger partial charge in [-0.05, 0) is 30.7 Å². The molecule has 1 saturated heterocycles. The van der Waals surface area contributed by atoms with Crippen LogP contribution >= 0.6 is 15.9 Å². The highest BCUT2D eigenvalue weighted by atomic mass is 79.9. The zero-order valence-corrected chi connectivity index (χ0v) is 14.3. The molecule has 2 N–H and O–H groups in total. The largest absolute Gasteiger partial charge is 0.344 e. The van der Waals surface area contributed by atoms with Crippen molar-refractivity contribution in [2.75, 3.05) is 0 Å². The summed E-state index contributed by atoms with van der Waals surface area (Å²) in [7, 11) is 0. The van der Waals surface area contributed by atoms with Crippen molar-refractivity contribution in [3.8, 4) is 0 Å². The second-order valence-electron chi connectivity index (χ2n) is 5.51. The lowest BCUT2D eigenvalue weighted by molar-refractivity contribution is -0.132. The molecule has 0 spiro atoms. The van der Waals surface area contributed by atoms with Gasteiger partial charge in [0.2, 0.25) is 0 Å². The lowest BCUT2D eigenvalue weighted by atomic mass is 9.92. The first-order chi connectivity index (χ1) is 11.4. The van der Waals surface area contributed by atoms with Gasteiger partial charge in [0.1, 0.15) is 5.54 Å². The second kappa shape index (κ2) is 6.09. The van der Waals surface area contributed by atoms with Gasteiger partial charge in [0, 0.05) is 10.0 Å². The van der Waals surface area contributed by atoms with Crippen LogP contribution in [0.3, 0.4) is 0 Å². The summed E-state index contributed by atoms with van der Waals surface area (Å²) in [5, 5.41) is 3.35. The molecular weight excluding hydrogens is 374 g/mol. The van der Waals surface area contributed by atoms with Crippen LogP contribution in [0.2, 0.25) is 0 Å². The molecule has 4 amide bonds. The van der Waals surface area contributed by atoms with E-state index >= 15 is 0 Å². The van der Waals surface area contributed by atoms with Crippen LogP contribution in [-0.4, -0.2) is 22.9 Å². The van der Waals surface area contributed by atoms with Gasteiger partial charge in [-0.1, -0.05) is 52.3 Å². The van der Waals surface area contributed by atoms with Crippen LogP contribution in [0.1, 0.15) is 22.8 Å². The predicted molar refractivity (Wildman–Crippen MR) is 90.8 cm³/mol. The number of nitrogens with zero attached hydrogens (tertiary/aromatic N) is 1. The van der Waals surface area contributed by atoms with E-state index in [0.717, 1.165) is 9.48 Å². The predicted octanol–water partition coefficient (Wildman–Crippen LogP) is 2.56. The molecule has 1 fully saturated rings. The lowest BCUT2D eigenvalue weighted by Gasteiger charge is -2.22. The van der Waals surface area contributed by atoms with Crippen LogP contribution in [0.15, 0.2) is 59.1 Å². The molecule has 1 heterocycles. The molecule has 1 aliphatic heterocycles. The number of rotatable bonds is 3. The highest BCUT2D eigenvalue weighted by Gasteiger charge is 2.50. The Bertz CT molecular complexity index is 825. The summed E-state index contributed by atoms with van der Waals surface area (Å²) in [6.07, 6.45) is 0. The average Bonchev–Trinajstić information content (AvgIpc) is 2.80. The summed E-state index contributed by atoms with van der Waals surface area (Å²) in [5.74, 6) is -1.08. The summed E-state index contributed by atoms with van der Waals surface area (Å²) >= 11 is 3.28. The van der Waals surface area contributed by atoms with Crippen LogP contribution in [0, 0.1) is 0 Å². The van der Waals surface area contributed by atoms with Crippen molar-refractivity contribution >= 4 is 33.8 Å². The number of benzene rings is 2. The topological polar surface area (TPSA) is 78.5 Å². The van der Waals surface area contributed by atoms with Crippen molar-refractivity contribution < 1.29 is 14.4 Å². The second-order valence-corrected chi connectivity index (χ2v) is 6.43. The molecule has 24 heavy (non-hydrogen) atoms. The van der Waals surface area contributed by atoms with Gasteiger partial charge in [0.15, 0.2) is 0 Å². The van der Waals surface area contributed by atoms with Crippen LogP contribution in [-0.2, 0) is 10.3 Å². The number of hydrogen-bond donors (Lipinski definition) is 2. The molecule has 122 valence electrons. The van der Waals surface area contributed by atoms with Crippen LogP contribution in [0.25, 0.3) is 0 Å². The number of hydrazine groups is 1. The molecule has 1 atom stereocenters. The molecule has 2 aromatic rings. The van der Waals surface area contributed by atoms with Crippen molar-refractivity contribution in [2.45, 2.75) is 12.5 Å². The third kappa shape index (κ3) is 2.78. The molecule has 6 nitrogen and oxygen atoms in total. The zero-order chi connectivity index (χ0) is 17.3. The van der Waals surface area contributed by atoms with Gasteiger partial charge < -0.3 is 5.32 Å². The molecule has 0 unspecified atom stereocenters. The third-order valence-corrected chi connectivity index (χ3v) is 4.34. The maximum absolute atomic E-state index is 12.7. The Morgan fingerprint density at radius 2 is 1.83 bits per heavy atom.